The van der Waals surface area contributed by atoms with Gasteiger partial charge in [-0.25, -0.2) is 0 Å². The normalized spacial score (nSPS) is 24.2. The molecule has 1 rings (SSSR count). The van der Waals surface area contributed by atoms with Gasteiger partial charge in [0.1, 0.15) is 0 Å². The topological polar surface area (TPSA) is 21.3 Å². The third-order valence-corrected chi connectivity index (χ3v) is 2.98. The lowest BCUT2D eigenvalue weighted by molar-refractivity contribution is 0.111. The standard InChI is InChI=1S/C12H25NO/c1-10(2)9-14-6-5-13-8-11-7-12(11,3)4/h10-11,13H,5-9H2,1-4H3. The third-order valence-electron chi connectivity index (χ3n) is 2.98. The molecule has 0 aliphatic heterocycles. The molecule has 0 amide bonds. The van der Waals surface area contributed by atoms with Crippen LogP contribution in [-0.4, -0.2) is 26.3 Å². The van der Waals surface area contributed by atoms with Crippen LogP contribution in [0, 0.1) is 17.3 Å². The van der Waals surface area contributed by atoms with Crippen LogP contribution in [0.2, 0.25) is 0 Å². The zero-order chi connectivity index (χ0) is 10.6. The van der Waals surface area contributed by atoms with Crippen LogP contribution in [0.25, 0.3) is 0 Å². The molecule has 14 heavy (non-hydrogen) atoms. The fraction of sp³-hybridized carbons (Fsp3) is 1.00. The molecule has 0 saturated heterocycles. The van der Waals surface area contributed by atoms with Gasteiger partial charge in [-0.05, 0) is 30.2 Å². The van der Waals surface area contributed by atoms with Gasteiger partial charge in [-0.2, -0.15) is 0 Å². The fourth-order valence-corrected chi connectivity index (χ4v) is 1.66. The van der Waals surface area contributed by atoms with Crippen molar-refractivity contribution in [3.63, 3.8) is 0 Å². The first-order valence-electron chi connectivity index (χ1n) is 5.81. The van der Waals surface area contributed by atoms with Gasteiger partial charge in [0.25, 0.3) is 0 Å². The lowest BCUT2D eigenvalue weighted by atomic mass is 10.1. The van der Waals surface area contributed by atoms with E-state index in [0.29, 0.717) is 11.3 Å². The Bertz CT molecular complexity index is 166. The van der Waals surface area contributed by atoms with Gasteiger partial charge >= 0.3 is 0 Å². The molecule has 84 valence electrons. The molecule has 1 fully saturated rings. The van der Waals surface area contributed by atoms with Crippen molar-refractivity contribution < 1.29 is 4.74 Å². The molecule has 1 aliphatic carbocycles. The van der Waals surface area contributed by atoms with Gasteiger partial charge in [-0.15, -0.1) is 0 Å². The Labute approximate surface area is 88.4 Å². The number of nitrogens with one attached hydrogen (secondary N) is 1. The van der Waals surface area contributed by atoms with Gasteiger partial charge in [0.05, 0.1) is 6.61 Å². The molecule has 0 heterocycles. The molecule has 1 aliphatic rings. The number of hydrogen-bond donors (Lipinski definition) is 1. The van der Waals surface area contributed by atoms with Gasteiger partial charge in [0, 0.05) is 13.2 Å². The quantitative estimate of drug-likeness (QED) is 0.635. The molecule has 2 heteroatoms. The first-order chi connectivity index (χ1) is 6.52. The zero-order valence-corrected chi connectivity index (χ0v) is 10.1. The van der Waals surface area contributed by atoms with Crippen molar-refractivity contribution in [1.29, 1.82) is 0 Å². The first kappa shape index (κ1) is 12.0. The lowest BCUT2D eigenvalue weighted by Crippen LogP contribution is -2.23. The Morgan fingerprint density at radius 1 is 1.43 bits per heavy atom. The summed E-state index contributed by atoms with van der Waals surface area (Å²) >= 11 is 0. The van der Waals surface area contributed by atoms with Crippen LogP contribution in [0.15, 0.2) is 0 Å². The number of ether oxygens (including phenoxy) is 1. The summed E-state index contributed by atoms with van der Waals surface area (Å²) in [5.41, 5.74) is 0.603. The van der Waals surface area contributed by atoms with Gasteiger partial charge in [-0.3, -0.25) is 0 Å². The van der Waals surface area contributed by atoms with E-state index >= 15 is 0 Å². The maximum atomic E-state index is 5.49. The van der Waals surface area contributed by atoms with E-state index in [1.54, 1.807) is 0 Å². The van der Waals surface area contributed by atoms with Crippen LogP contribution in [0.3, 0.4) is 0 Å². The van der Waals surface area contributed by atoms with Crippen LogP contribution in [0.4, 0.5) is 0 Å². The Kier molecular flexibility index (Phi) is 4.39. The third kappa shape index (κ3) is 4.43. The van der Waals surface area contributed by atoms with Crippen molar-refractivity contribution >= 4 is 0 Å². The van der Waals surface area contributed by atoms with Gasteiger partial charge in [0.2, 0.25) is 0 Å². The van der Waals surface area contributed by atoms with E-state index < -0.39 is 0 Å². The van der Waals surface area contributed by atoms with Gasteiger partial charge in [-0.1, -0.05) is 27.7 Å². The van der Waals surface area contributed by atoms with Gasteiger partial charge in [0.15, 0.2) is 0 Å². The predicted molar refractivity (Wildman–Crippen MR) is 60.4 cm³/mol. The van der Waals surface area contributed by atoms with Gasteiger partial charge < -0.3 is 10.1 Å². The van der Waals surface area contributed by atoms with Crippen molar-refractivity contribution in [3.05, 3.63) is 0 Å². The fourth-order valence-electron chi connectivity index (χ4n) is 1.66. The first-order valence-corrected chi connectivity index (χ1v) is 5.81. The number of hydrogen-bond acceptors (Lipinski definition) is 2. The average molecular weight is 199 g/mol. The molecule has 0 radical (unpaired) electrons. The minimum atomic E-state index is 0.603. The smallest absolute Gasteiger partial charge is 0.0591 e. The summed E-state index contributed by atoms with van der Waals surface area (Å²) in [6, 6.07) is 0. The van der Waals surface area contributed by atoms with E-state index in [0.717, 1.165) is 32.2 Å². The molecule has 0 bridgehead atoms. The summed E-state index contributed by atoms with van der Waals surface area (Å²) < 4.78 is 5.49. The van der Waals surface area contributed by atoms with Crippen LogP contribution in [0.5, 0.6) is 0 Å². The van der Waals surface area contributed by atoms with Crippen LogP contribution in [0.1, 0.15) is 34.1 Å². The molecule has 0 spiro atoms. The van der Waals surface area contributed by atoms with E-state index in [9.17, 15) is 0 Å². The highest BCUT2D eigenvalue weighted by molar-refractivity contribution is 4.95. The summed E-state index contributed by atoms with van der Waals surface area (Å²) in [5, 5.41) is 3.45. The molecule has 0 aromatic carbocycles. The SMILES string of the molecule is CC(C)COCCNCC1CC1(C)C. The van der Waals surface area contributed by atoms with Crippen LogP contribution >= 0.6 is 0 Å². The van der Waals surface area contributed by atoms with Crippen molar-refractivity contribution in [2.45, 2.75) is 34.1 Å². The minimum Gasteiger partial charge on any atom is -0.380 e. The van der Waals surface area contributed by atoms with Crippen molar-refractivity contribution in [2.75, 3.05) is 26.3 Å². The number of rotatable bonds is 7. The molecule has 1 N–H and O–H groups in total. The maximum Gasteiger partial charge on any atom is 0.0591 e. The Morgan fingerprint density at radius 2 is 2.07 bits per heavy atom. The summed E-state index contributed by atoms with van der Waals surface area (Å²) in [5.74, 6) is 1.55. The Hall–Kier alpha value is -0.0800. The Morgan fingerprint density at radius 3 is 2.57 bits per heavy atom. The van der Waals surface area contributed by atoms with Crippen molar-refractivity contribution in [2.24, 2.45) is 17.3 Å². The summed E-state index contributed by atoms with van der Waals surface area (Å²) in [4.78, 5) is 0. The van der Waals surface area contributed by atoms with E-state index in [1.807, 2.05) is 0 Å². The monoisotopic (exact) mass is 199 g/mol. The van der Waals surface area contributed by atoms with Crippen molar-refractivity contribution in [1.82, 2.24) is 5.32 Å². The highest BCUT2D eigenvalue weighted by Crippen LogP contribution is 2.50. The van der Waals surface area contributed by atoms with E-state index in [-0.39, 0.29) is 0 Å². The minimum absolute atomic E-state index is 0.603. The lowest BCUT2D eigenvalue weighted by Gasteiger charge is -2.08. The molecule has 1 atom stereocenters. The Balaban J connectivity index is 1.82. The molecule has 0 aromatic rings. The highest BCUT2D eigenvalue weighted by atomic mass is 16.5. The second-order valence-electron chi connectivity index (χ2n) is 5.56. The van der Waals surface area contributed by atoms with E-state index in [4.69, 9.17) is 4.74 Å². The summed E-state index contributed by atoms with van der Waals surface area (Å²) in [6.07, 6.45) is 1.38. The molecule has 0 aromatic heterocycles. The summed E-state index contributed by atoms with van der Waals surface area (Å²) in [7, 11) is 0. The molecular formula is C12H25NO. The van der Waals surface area contributed by atoms with Crippen LogP contribution in [-0.2, 0) is 4.74 Å². The molecule has 2 nitrogen and oxygen atoms in total. The predicted octanol–water partition coefficient (Wildman–Crippen LogP) is 2.29. The van der Waals surface area contributed by atoms with E-state index in [2.05, 4.69) is 33.0 Å². The average Bonchev–Trinajstić information content (AvgIpc) is 2.66. The zero-order valence-electron chi connectivity index (χ0n) is 10.1. The largest absolute Gasteiger partial charge is 0.380 e. The van der Waals surface area contributed by atoms with Crippen molar-refractivity contribution in [3.8, 4) is 0 Å². The van der Waals surface area contributed by atoms with Crippen LogP contribution < -0.4 is 5.32 Å². The second-order valence-corrected chi connectivity index (χ2v) is 5.56. The molecule has 1 saturated carbocycles. The highest BCUT2D eigenvalue weighted by Gasteiger charge is 2.44. The van der Waals surface area contributed by atoms with E-state index in [1.165, 1.54) is 6.42 Å². The maximum absolute atomic E-state index is 5.49. The molecule has 1 unspecified atom stereocenters. The second kappa shape index (κ2) is 5.13. The summed E-state index contributed by atoms with van der Waals surface area (Å²) in [6.45, 7) is 12.9. The molecular weight excluding hydrogens is 174 g/mol.